The van der Waals surface area contributed by atoms with Crippen molar-refractivity contribution >= 4 is 22.8 Å². The number of para-hydroxylation sites is 3. The number of benzene rings is 3. The number of urea groups is 1. The second kappa shape index (κ2) is 9.07. The third kappa shape index (κ3) is 4.12. The van der Waals surface area contributed by atoms with Gasteiger partial charge in [-0.25, -0.2) is 9.59 Å². The lowest BCUT2D eigenvalue weighted by Crippen LogP contribution is -2.63. The first-order chi connectivity index (χ1) is 17.2. The Hall–Kier alpha value is -3.84. The molecule has 2 aliphatic heterocycles. The number of carbonyl (C=O) groups excluding carboxylic acids is 1. The Morgan fingerprint density at radius 2 is 1.51 bits per heavy atom. The minimum atomic E-state index is -0.0511. The molecule has 0 saturated carbocycles. The van der Waals surface area contributed by atoms with E-state index < -0.39 is 0 Å². The van der Waals surface area contributed by atoms with Gasteiger partial charge in [-0.15, -0.1) is 0 Å². The van der Waals surface area contributed by atoms with E-state index in [2.05, 4.69) is 27.3 Å². The van der Waals surface area contributed by atoms with Gasteiger partial charge >= 0.3 is 11.7 Å². The smallest absolute Gasteiger partial charge is 0.321 e. The Kier molecular flexibility index (Phi) is 5.62. The lowest BCUT2D eigenvalue weighted by molar-refractivity contribution is 0.0397. The van der Waals surface area contributed by atoms with E-state index in [1.165, 1.54) is 0 Å². The molecule has 0 atom stereocenters. The van der Waals surface area contributed by atoms with Crippen LogP contribution in [0, 0.1) is 0 Å². The number of aromatic nitrogens is 2. The van der Waals surface area contributed by atoms with Gasteiger partial charge in [0.25, 0.3) is 0 Å². The van der Waals surface area contributed by atoms with Crippen LogP contribution < -0.4 is 11.0 Å². The van der Waals surface area contributed by atoms with Crippen LogP contribution in [0.4, 0.5) is 10.5 Å². The molecule has 2 amide bonds. The zero-order valence-electron chi connectivity index (χ0n) is 19.6. The van der Waals surface area contributed by atoms with Crippen molar-refractivity contribution in [3.63, 3.8) is 0 Å². The number of amides is 2. The number of H-pyrrole nitrogens is 1. The molecule has 1 aromatic heterocycles. The van der Waals surface area contributed by atoms with Crippen LogP contribution in [0.3, 0.4) is 0 Å². The second-order valence-corrected chi connectivity index (χ2v) is 9.49. The van der Waals surface area contributed by atoms with Crippen molar-refractivity contribution in [3.8, 4) is 11.1 Å². The maximum absolute atomic E-state index is 12.9. The summed E-state index contributed by atoms with van der Waals surface area (Å²) < 4.78 is 1.93. The topological polar surface area (TPSA) is 73.4 Å². The van der Waals surface area contributed by atoms with E-state index >= 15 is 0 Å². The van der Waals surface area contributed by atoms with Gasteiger partial charge in [-0.2, -0.15) is 0 Å². The van der Waals surface area contributed by atoms with Crippen LogP contribution in [0.1, 0.15) is 18.9 Å². The molecular weight excluding hydrogens is 438 g/mol. The molecule has 2 fully saturated rings. The Morgan fingerprint density at radius 1 is 0.829 bits per heavy atom. The highest BCUT2D eigenvalue weighted by atomic mass is 16.2. The highest BCUT2D eigenvalue weighted by Gasteiger charge is 2.37. The Labute approximate surface area is 204 Å². The van der Waals surface area contributed by atoms with Crippen molar-refractivity contribution in [2.75, 3.05) is 31.5 Å². The molecular formula is C28H29N5O2. The summed E-state index contributed by atoms with van der Waals surface area (Å²) in [6, 6.07) is 26.5. The molecule has 2 aliphatic rings. The zero-order chi connectivity index (χ0) is 23.8. The molecule has 0 radical (unpaired) electrons. The molecule has 35 heavy (non-hydrogen) atoms. The van der Waals surface area contributed by atoms with Gasteiger partial charge in [0.1, 0.15) is 0 Å². The van der Waals surface area contributed by atoms with Crippen molar-refractivity contribution < 1.29 is 4.79 Å². The molecule has 7 nitrogen and oxygen atoms in total. The number of fused-ring (bicyclic) bond motifs is 1. The van der Waals surface area contributed by atoms with Crippen LogP contribution in [0.15, 0.2) is 83.7 Å². The van der Waals surface area contributed by atoms with Gasteiger partial charge < -0.3 is 15.2 Å². The molecule has 4 aromatic rings. The fraction of sp³-hybridized carbons (Fsp3) is 0.286. The summed E-state index contributed by atoms with van der Waals surface area (Å²) in [5.41, 5.74) is 4.80. The van der Waals surface area contributed by atoms with Crippen LogP contribution in [0.2, 0.25) is 0 Å². The third-order valence-corrected chi connectivity index (χ3v) is 7.41. The number of hydrogen-bond donors (Lipinski definition) is 2. The number of nitrogens with zero attached hydrogens (tertiary/aromatic N) is 3. The van der Waals surface area contributed by atoms with Crippen LogP contribution in [-0.4, -0.2) is 57.6 Å². The van der Waals surface area contributed by atoms with Crippen molar-refractivity contribution in [1.82, 2.24) is 19.4 Å². The predicted molar refractivity (Wildman–Crippen MR) is 139 cm³/mol. The Morgan fingerprint density at radius 3 is 2.31 bits per heavy atom. The quantitative estimate of drug-likeness (QED) is 0.463. The Balaban J connectivity index is 1.05. The molecule has 6 rings (SSSR count). The van der Waals surface area contributed by atoms with E-state index in [9.17, 15) is 9.59 Å². The first kappa shape index (κ1) is 21.7. The largest absolute Gasteiger partial charge is 0.326 e. The van der Waals surface area contributed by atoms with Crippen LogP contribution in [-0.2, 0) is 0 Å². The molecule has 0 aliphatic carbocycles. The van der Waals surface area contributed by atoms with Gasteiger partial charge in [-0.1, -0.05) is 60.7 Å². The maximum Gasteiger partial charge on any atom is 0.326 e. The van der Waals surface area contributed by atoms with E-state index in [1.54, 1.807) is 0 Å². The molecule has 0 unspecified atom stereocenters. The van der Waals surface area contributed by atoms with Crippen LogP contribution in [0.5, 0.6) is 0 Å². The first-order valence-electron chi connectivity index (χ1n) is 12.3. The molecule has 0 spiro atoms. The number of carbonyl (C=O) groups is 1. The zero-order valence-corrected chi connectivity index (χ0v) is 19.6. The summed E-state index contributed by atoms with van der Waals surface area (Å²) in [7, 11) is 0. The van der Waals surface area contributed by atoms with Gasteiger partial charge in [0, 0.05) is 43.8 Å². The van der Waals surface area contributed by atoms with Gasteiger partial charge in [0.05, 0.1) is 16.7 Å². The van der Waals surface area contributed by atoms with E-state index in [-0.39, 0.29) is 17.8 Å². The van der Waals surface area contributed by atoms with E-state index in [0.717, 1.165) is 66.9 Å². The maximum atomic E-state index is 12.9. The van der Waals surface area contributed by atoms with Gasteiger partial charge in [-0.05, 0) is 36.6 Å². The van der Waals surface area contributed by atoms with Crippen molar-refractivity contribution in [1.29, 1.82) is 0 Å². The lowest BCUT2D eigenvalue weighted by Gasteiger charge is -2.47. The molecule has 3 aromatic carbocycles. The molecule has 7 heteroatoms. The Bertz CT molecular complexity index is 1400. The van der Waals surface area contributed by atoms with E-state index in [4.69, 9.17) is 0 Å². The summed E-state index contributed by atoms with van der Waals surface area (Å²) >= 11 is 0. The SMILES string of the molecule is O=C(Nc1ccccc1-c1ccccc1)N1CC(N2CCC(n3c(=O)[nH]c4ccccc43)CC2)C1. The molecule has 3 heterocycles. The monoisotopic (exact) mass is 467 g/mol. The fourth-order valence-corrected chi connectivity index (χ4v) is 5.45. The van der Waals surface area contributed by atoms with Crippen LogP contribution in [0.25, 0.3) is 22.2 Å². The average molecular weight is 468 g/mol. The van der Waals surface area contributed by atoms with Gasteiger partial charge in [0.15, 0.2) is 0 Å². The number of likely N-dealkylation sites (tertiary alicyclic amines) is 2. The first-order valence-corrected chi connectivity index (χ1v) is 12.3. The van der Waals surface area contributed by atoms with Crippen molar-refractivity contribution in [3.05, 3.63) is 89.3 Å². The number of aromatic amines is 1. The predicted octanol–water partition coefficient (Wildman–Crippen LogP) is 4.55. The highest BCUT2D eigenvalue weighted by molar-refractivity contribution is 5.94. The molecule has 0 bridgehead atoms. The number of rotatable bonds is 4. The highest BCUT2D eigenvalue weighted by Crippen LogP contribution is 2.30. The minimum Gasteiger partial charge on any atom is -0.321 e. The number of imidazole rings is 1. The normalized spacial score (nSPS) is 17.4. The fourth-order valence-electron chi connectivity index (χ4n) is 5.45. The van der Waals surface area contributed by atoms with Crippen LogP contribution >= 0.6 is 0 Å². The summed E-state index contributed by atoms with van der Waals surface area (Å²) in [5.74, 6) is 0. The second-order valence-electron chi connectivity index (χ2n) is 9.49. The van der Waals surface area contributed by atoms with Gasteiger partial charge in [0.2, 0.25) is 0 Å². The standard InChI is InChI=1S/C28H29N5O2/c34-27(29-24-11-5-4-10-23(24)20-8-2-1-3-9-20)32-18-22(19-32)31-16-14-21(15-17-31)33-26-13-7-6-12-25(26)30-28(33)35/h1-13,21-22H,14-19H2,(H,29,34)(H,30,35). The number of nitrogens with one attached hydrogen (secondary N) is 2. The van der Waals surface area contributed by atoms with Gasteiger partial charge in [-0.3, -0.25) is 9.47 Å². The van der Waals surface area contributed by atoms with Crippen molar-refractivity contribution in [2.24, 2.45) is 0 Å². The summed E-state index contributed by atoms with van der Waals surface area (Å²) in [6.07, 6.45) is 1.88. The number of hydrogen-bond acceptors (Lipinski definition) is 3. The lowest BCUT2D eigenvalue weighted by atomic mass is 9.99. The molecule has 2 saturated heterocycles. The summed E-state index contributed by atoms with van der Waals surface area (Å²) in [5, 5.41) is 3.11. The third-order valence-electron chi connectivity index (χ3n) is 7.41. The summed E-state index contributed by atoms with van der Waals surface area (Å²) in [4.78, 5) is 32.8. The number of piperidine rings is 1. The summed E-state index contributed by atoms with van der Waals surface area (Å²) in [6.45, 7) is 3.34. The van der Waals surface area contributed by atoms with E-state index in [1.807, 2.05) is 76.2 Å². The average Bonchev–Trinajstić information content (AvgIpc) is 3.20. The van der Waals surface area contributed by atoms with Crippen molar-refractivity contribution in [2.45, 2.75) is 24.9 Å². The minimum absolute atomic E-state index is 0.0214. The van der Waals surface area contributed by atoms with E-state index in [0.29, 0.717) is 6.04 Å². The number of anilines is 1. The molecule has 2 N–H and O–H groups in total. The molecule has 178 valence electrons.